The second-order valence-electron chi connectivity index (χ2n) is 8.09. The summed E-state index contributed by atoms with van der Waals surface area (Å²) in [6.07, 6.45) is 1.87. The Labute approximate surface area is 198 Å². The molecule has 0 saturated carbocycles. The molecule has 1 aliphatic heterocycles. The molecule has 3 aromatic carbocycles. The summed E-state index contributed by atoms with van der Waals surface area (Å²) >= 11 is 0. The predicted molar refractivity (Wildman–Crippen MR) is 130 cm³/mol. The van der Waals surface area contributed by atoms with Crippen LogP contribution in [0.15, 0.2) is 78.9 Å². The van der Waals surface area contributed by atoms with Crippen LogP contribution in [0.4, 0.5) is 10.1 Å². The number of amides is 2. The number of hydrogen-bond donors (Lipinski definition) is 2. The number of hydrazone groups is 1. The summed E-state index contributed by atoms with van der Waals surface area (Å²) in [7, 11) is 0. The molecule has 0 spiro atoms. The van der Waals surface area contributed by atoms with Gasteiger partial charge in [0.15, 0.2) is 6.04 Å². The molecule has 0 radical (unpaired) electrons. The first-order chi connectivity index (χ1) is 16.5. The largest absolute Gasteiger partial charge is 0.372 e. The number of hydrazine groups is 1. The molecule has 4 rings (SSSR count). The highest BCUT2D eigenvalue weighted by Gasteiger charge is 2.47. The van der Waals surface area contributed by atoms with Crippen LogP contribution in [0, 0.1) is 5.82 Å². The average Bonchev–Trinajstić information content (AvgIpc) is 3.16. The molecular formula is C27H28FN4O2+. The quantitative estimate of drug-likeness (QED) is 0.530. The van der Waals surface area contributed by atoms with Gasteiger partial charge in [-0.25, -0.2) is 4.39 Å². The van der Waals surface area contributed by atoms with Crippen molar-refractivity contribution in [1.82, 2.24) is 10.7 Å². The molecule has 1 fully saturated rings. The zero-order chi connectivity index (χ0) is 24.1. The van der Waals surface area contributed by atoms with Gasteiger partial charge in [-0.15, -0.1) is 10.1 Å². The maximum absolute atomic E-state index is 13.3. The Morgan fingerprint density at radius 1 is 1.00 bits per heavy atom. The summed E-state index contributed by atoms with van der Waals surface area (Å²) in [5.41, 5.74) is 6.10. The summed E-state index contributed by atoms with van der Waals surface area (Å²) in [4.78, 5) is 28.0. The Morgan fingerprint density at radius 2 is 1.65 bits per heavy atom. The number of nitrogens with one attached hydrogen (secondary N) is 2. The number of nitrogens with zero attached hydrogens (tertiary/aromatic N) is 2. The van der Waals surface area contributed by atoms with E-state index in [-0.39, 0.29) is 11.5 Å². The zero-order valence-corrected chi connectivity index (χ0v) is 19.2. The molecule has 6 nitrogen and oxygen atoms in total. The Morgan fingerprint density at radius 3 is 2.26 bits per heavy atom. The Bertz CT molecular complexity index is 1170. The topological polar surface area (TPSA) is 64.5 Å². The summed E-state index contributed by atoms with van der Waals surface area (Å²) in [6, 6.07) is 21.6. The van der Waals surface area contributed by atoms with Crippen LogP contribution >= 0.6 is 0 Å². The van der Waals surface area contributed by atoms with E-state index in [0.717, 1.165) is 29.9 Å². The van der Waals surface area contributed by atoms with Gasteiger partial charge in [-0.1, -0.05) is 30.3 Å². The summed E-state index contributed by atoms with van der Waals surface area (Å²) in [5, 5.41) is 2.83. The van der Waals surface area contributed by atoms with E-state index in [2.05, 4.69) is 41.6 Å². The molecule has 2 N–H and O–H groups in total. The number of hydrogen-bond acceptors (Lipinski definition) is 3. The highest BCUT2D eigenvalue weighted by atomic mass is 19.1. The highest BCUT2D eigenvalue weighted by molar-refractivity contribution is 5.98. The van der Waals surface area contributed by atoms with Crippen LogP contribution in [-0.2, 0) is 4.79 Å². The van der Waals surface area contributed by atoms with Crippen molar-refractivity contribution in [2.45, 2.75) is 25.9 Å². The minimum Gasteiger partial charge on any atom is -0.372 e. The molecule has 3 aromatic rings. The second kappa shape index (κ2) is 10.3. The fraction of sp³-hybridized carbons (Fsp3) is 0.222. The van der Waals surface area contributed by atoms with Gasteiger partial charge in [0.2, 0.25) is 12.3 Å². The van der Waals surface area contributed by atoms with Crippen LogP contribution in [0.5, 0.6) is 0 Å². The van der Waals surface area contributed by atoms with Crippen LogP contribution < -0.4 is 15.6 Å². The van der Waals surface area contributed by atoms with E-state index >= 15 is 0 Å². The molecule has 34 heavy (non-hydrogen) atoms. The van der Waals surface area contributed by atoms with Crippen LogP contribution in [0.25, 0.3) is 0 Å². The summed E-state index contributed by atoms with van der Waals surface area (Å²) < 4.78 is 15.0. The summed E-state index contributed by atoms with van der Waals surface area (Å²) in [6.45, 7) is 6.09. The smallest absolute Gasteiger partial charge is 0.304 e. The molecule has 2 amide bonds. The third-order valence-electron chi connectivity index (χ3n) is 5.98. The van der Waals surface area contributed by atoms with Gasteiger partial charge in [-0.05, 0) is 62.4 Å². The maximum atomic E-state index is 13.3. The lowest BCUT2D eigenvalue weighted by molar-refractivity contribution is -0.596. The number of rotatable bonds is 7. The first-order valence-corrected chi connectivity index (χ1v) is 11.4. The minimum absolute atomic E-state index is 0.287. The van der Waals surface area contributed by atoms with Gasteiger partial charge in [0.05, 0.1) is 0 Å². The molecule has 0 bridgehead atoms. The Kier molecular flexibility index (Phi) is 7.01. The lowest BCUT2D eigenvalue weighted by Crippen LogP contribution is -2.42. The van der Waals surface area contributed by atoms with E-state index in [9.17, 15) is 14.0 Å². The molecule has 1 heterocycles. The first-order valence-electron chi connectivity index (χ1n) is 11.4. The Hall–Kier alpha value is -4.00. The molecule has 2 atom stereocenters. The van der Waals surface area contributed by atoms with Gasteiger partial charge < -0.3 is 10.2 Å². The van der Waals surface area contributed by atoms with Gasteiger partial charge in [0.1, 0.15) is 5.82 Å². The molecule has 0 unspecified atom stereocenters. The fourth-order valence-corrected chi connectivity index (χ4v) is 4.18. The molecule has 174 valence electrons. The fourth-order valence-electron chi connectivity index (χ4n) is 4.18. The van der Waals surface area contributed by atoms with Crippen LogP contribution in [0.3, 0.4) is 0 Å². The van der Waals surface area contributed by atoms with E-state index in [1.165, 1.54) is 24.3 Å². The van der Waals surface area contributed by atoms with Gasteiger partial charge in [0, 0.05) is 35.5 Å². The number of benzene rings is 3. The van der Waals surface area contributed by atoms with Crippen molar-refractivity contribution in [1.29, 1.82) is 0 Å². The van der Waals surface area contributed by atoms with E-state index in [0.29, 0.717) is 0 Å². The van der Waals surface area contributed by atoms with Crippen LogP contribution in [0.1, 0.15) is 41.4 Å². The van der Waals surface area contributed by atoms with Crippen molar-refractivity contribution >= 4 is 23.7 Å². The van der Waals surface area contributed by atoms with Gasteiger partial charge >= 0.3 is 5.91 Å². The van der Waals surface area contributed by atoms with Crippen molar-refractivity contribution in [2.24, 2.45) is 0 Å². The Balaban J connectivity index is 1.64. The average molecular weight is 460 g/mol. The molecular weight excluding hydrogens is 431 g/mol. The SMILES string of the molecule is CCN(CC)c1ccc(/C=[N+]2\NC(=O)[C@H](NC(=O)c3ccc(F)cc3)[C@H]2c2ccccc2)cc1. The van der Waals surface area contributed by atoms with Crippen molar-refractivity contribution < 1.29 is 18.7 Å². The van der Waals surface area contributed by atoms with E-state index in [1.807, 2.05) is 48.7 Å². The lowest BCUT2D eigenvalue weighted by Gasteiger charge is -2.20. The van der Waals surface area contributed by atoms with Crippen LogP contribution in [-0.4, -0.2) is 41.8 Å². The normalized spacial score (nSPS) is 18.6. The predicted octanol–water partition coefficient (Wildman–Crippen LogP) is 3.69. The van der Waals surface area contributed by atoms with Crippen LogP contribution in [0.2, 0.25) is 0 Å². The van der Waals surface area contributed by atoms with Crippen molar-refractivity contribution in [2.75, 3.05) is 18.0 Å². The highest BCUT2D eigenvalue weighted by Crippen LogP contribution is 2.25. The monoisotopic (exact) mass is 459 g/mol. The zero-order valence-electron chi connectivity index (χ0n) is 19.2. The van der Waals surface area contributed by atoms with Gasteiger partial charge in [-0.3, -0.25) is 9.59 Å². The third kappa shape index (κ3) is 4.98. The molecule has 1 aliphatic rings. The maximum Gasteiger partial charge on any atom is 0.304 e. The minimum atomic E-state index is -0.828. The van der Waals surface area contributed by atoms with Gasteiger partial charge in [0.25, 0.3) is 5.91 Å². The van der Waals surface area contributed by atoms with E-state index in [1.54, 1.807) is 4.68 Å². The van der Waals surface area contributed by atoms with Crippen molar-refractivity contribution in [3.05, 3.63) is 101 Å². The van der Waals surface area contributed by atoms with E-state index < -0.39 is 23.8 Å². The van der Waals surface area contributed by atoms with Gasteiger partial charge in [-0.2, -0.15) is 0 Å². The third-order valence-corrected chi connectivity index (χ3v) is 5.98. The number of carbonyl (C=O) groups is 2. The van der Waals surface area contributed by atoms with Crippen molar-refractivity contribution in [3.63, 3.8) is 0 Å². The first kappa shape index (κ1) is 23.2. The second-order valence-corrected chi connectivity index (χ2v) is 8.09. The van der Waals surface area contributed by atoms with Crippen molar-refractivity contribution in [3.8, 4) is 0 Å². The molecule has 0 aliphatic carbocycles. The standard InChI is InChI=1S/C27H27FN4O2/c1-3-31(4-2)23-16-10-19(11-17-23)18-32-25(20-8-6-5-7-9-20)24(27(34)30-32)29-26(33)21-12-14-22(28)15-13-21/h5-18,24-25H,3-4H2,1-2H3,(H-,29,30,33,34)/p+1/t24-,25-/m1/s1. The number of carbonyl (C=O) groups excluding carboxylic acids is 2. The molecule has 1 saturated heterocycles. The lowest BCUT2D eigenvalue weighted by atomic mass is 10.00. The molecule has 0 aromatic heterocycles. The number of halogens is 1. The van der Waals surface area contributed by atoms with E-state index in [4.69, 9.17) is 0 Å². The number of anilines is 1. The summed E-state index contributed by atoms with van der Waals surface area (Å²) in [5.74, 6) is -1.18. The molecule has 7 heteroatoms.